The molecule has 1 aromatic carbocycles. The van der Waals surface area contributed by atoms with Gasteiger partial charge in [0.05, 0.1) is 5.39 Å². The van der Waals surface area contributed by atoms with Gasteiger partial charge < -0.3 is 13.9 Å². The Morgan fingerprint density at radius 3 is 2.48 bits per heavy atom. The fourth-order valence-corrected chi connectivity index (χ4v) is 2.93. The Balaban J connectivity index is 2.23. The van der Waals surface area contributed by atoms with Gasteiger partial charge in [0, 0.05) is 17.7 Å². The molecule has 3 rings (SSSR count). The van der Waals surface area contributed by atoms with E-state index in [0.29, 0.717) is 29.1 Å². The first kappa shape index (κ1) is 14.9. The van der Waals surface area contributed by atoms with Crippen LogP contribution in [0.15, 0.2) is 21.3 Å². The van der Waals surface area contributed by atoms with Crippen molar-refractivity contribution in [2.24, 2.45) is 0 Å². The lowest BCUT2D eigenvalue weighted by Crippen LogP contribution is -2.16. The molecule has 116 valence electrons. The second-order valence-corrected chi connectivity index (χ2v) is 5.24. The molecule has 0 radical (unpaired) electrons. The van der Waals surface area contributed by atoms with E-state index < -0.39 is 0 Å². The highest BCUT2D eigenvalue weighted by molar-refractivity contribution is 5.89. The number of fused-ring (bicyclic) bond motifs is 3. The Labute approximate surface area is 132 Å². The molecule has 1 aliphatic carbocycles. The van der Waals surface area contributed by atoms with Crippen LogP contribution in [-0.2, 0) is 12.8 Å². The van der Waals surface area contributed by atoms with Crippen LogP contribution in [0.5, 0.6) is 11.5 Å². The Kier molecular flexibility index (Phi) is 4.16. The van der Waals surface area contributed by atoms with Crippen LogP contribution in [-0.4, -0.2) is 13.2 Å². The van der Waals surface area contributed by atoms with E-state index in [1.54, 1.807) is 12.1 Å². The van der Waals surface area contributed by atoms with Crippen molar-refractivity contribution < 1.29 is 13.9 Å². The van der Waals surface area contributed by atoms with Gasteiger partial charge >= 0.3 is 5.63 Å². The minimum atomic E-state index is -0.337. The molecular formula is C17H14N2O4. The van der Waals surface area contributed by atoms with E-state index in [2.05, 4.69) is 0 Å². The standard InChI is InChI=1S/C17H14N2O4/c18-5-7-21-11-9-14(22-8-6-19)16-12-3-1-2-4-13(12)17(20)23-15(16)10-11/h9-10H,1-4,7-8H2. The van der Waals surface area contributed by atoms with Crippen LogP contribution >= 0.6 is 0 Å². The molecule has 0 saturated heterocycles. The summed E-state index contributed by atoms with van der Waals surface area (Å²) >= 11 is 0. The van der Waals surface area contributed by atoms with Gasteiger partial charge in [-0.3, -0.25) is 0 Å². The summed E-state index contributed by atoms with van der Waals surface area (Å²) in [5, 5.41) is 18.1. The third-order valence-electron chi connectivity index (χ3n) is 3.85. The van der Waals surface area contributed by atoms with Gasteiger partial charge in [-0.2, -0.15) is 10.5 Å². The van der Waals surface area contributed by atoms with Gasteiger partial charge in [0.1, 0.15) is 29.2 Å². The monoisotopic (exact) mass is 310 g/mol. The number of nitrogens with zero attached hydrogens (tertiary/aromatic N) is 2. The van der Waals surface area contributed by atoms with E-state index in [9.17, 15) is 4.79 Å². The number of benzene rings is 1. The normalized spacial score (nSPS) is 13.0. The summed E-state index contributed by atoms with van der Waals surface area (Å²) in [5.74, 6) is 0.810. The second-order valence-electron chi connectivity index (χ2n) is 5.24. The van der Waals surface area contributed by atoms with Crippen LogP contribution in [0.3, 0.4) is 0 Å². The van der Waals surface area contributed by atoms with E-state index in [0.717, 1.165) is 30.2 Å². The number of hydrogen-bond acceptors (Lipinski definition) is 6. The molecule has 1 heterocycles. The van der Waals surface area contributed by atoms with Crippen molar-refractivity contribution in [3.63, 3.8) is 0 Å². The first-order valence-corrected chi connectivity index (χ1v) is 7.36. The predicted octanol–water partition coefficient (Wildman–Crippen LogP) is 2.48. The summed E-state index contributed by atoms with van der Waals surface area (Å²) < 4.78 is 16.2. The zero-order valence-corrected chi connectivity index (χ0v) is 12.4. The van der Waals surface area contributed by atoms with Crippen molar-refractivity contribution in [2.45, 2.75) is 25.7 Å². The Bertz CT molecular complexity index is 887. The third-order valence-corrected chi connectivity index (χ3v) is 3.85. The summed E-state index contributed by atoms with van der Waals surface area (Å²) in [5.41, 5.74) is 1.65. The van der Waals surface area contributed by atoms with Gasteiger partial charge in [0.2, 0.25) is 0 Å². The summed E-state index contributed by atoms with van der Waals surface area (Å²) in [6.07, 6.45) is 3.42. The molecule has 0 unspecified atom stereocenters. The van der Waals surface area contributed by atoms with Crippen molar-refractivity contribution >= 4 is 11.0 Å². The number of ether oxygens (including phenoxy) is 2. The zero-order valence-electron chi connectivity index (χ0n) is 12.4. The molecule has 0 saturated carbocycles. The number of aryl methyl sites for hydroxylation is 1. The highest BCUT2D eigenvalue weighted by atomic mass is 16.5. The van der Waals surface area contributed by atoms with Gasteiger partial charge in [-0.25, -0.2) is 4.79 Å². The Hall–Kier alpha value is -2.99. The molecule has 23 heavy (non-hydrogen) atoms. The third kappa shape index (κ3) is 2.84. The second kappa shape index (κ2) is 6.41. The van der Waals surface area contributed by atoms with Crippen molar-refractivity contribution in [1.29, 1.82) is 10.5 Å². The SMILES string of the molecule is N#CCOc1cc(OCC#N)c2c3c(c(=O)oc2c1)CCCC3. The number of hydrogen-bond donors (Lipinski definition) is 0. The fraction of sp³-hybridized carbons (Fsp3) is 0.353. The molecule has 0 amide bonds. The van der Waals surface area contributed by atoms with E-state index in [1.165, 1.54) is 0 Å². The van der Waals surface area contributed by atoms with Crippen LogP contribution < -0.4 is 15.1 Å². The van der Waals surface area contributed by atoms with Gasteiger partial charge in [0.25, 0.3) is 0 Å². The lowest BCUT2D eigenvalue weighted by molar-refractivity contribution is 0.351. The lowest BCUT2D eigenvalue weighted by Gasteiger charge is -2.18. The summed E-state index contributed by atoms with van der Waals surface area (Å²) in [4.78, 5) is 12.2. The molecule has 1 aromatic heterocycles. The smallest absolute Gasteiger partial charge is 0.339 e. The highest BCUT2D eigenvalue weighted by Crippen LogP contribution is 2.36. The molecule has 0 atom stereocenters. The molecule has 0 N–H and O–H groups in total. The van der Waals surface area contributed by atoms with E-state index in [1.807, 2.05) is 12.1 Å². The van der Waals surface area contributed by atoms with Crippen LogP contribution in [0.4, 0.5) is 0 Å². The first-order chi connectivity index (χ1) is 11.2. The first-order valence-electron chi connectivity index (χ1n) is 7.36. The molecule has 2 aromatic rings. The summed E-state index contributed by atoms with van der Waals surface area (Å²) in [6, 6.07) is 7.02. The van der Waals surface area contributed by atoms with Gasteiger partial charge in [-0.15, -0.1) is 0 Å². The molecule has 6 nitrogen and oxygen atoms in total. The van der Waals surface area contributed by atoms with E-state index in [4.69, 9.17) is 24.4 Å². The number of rotatable bonds is 4. The largest absolute Gasteiger partial charge is 0.478 e. The molecule has 0 bridgehead atoms. The van der Waals surface area contributed by atoms with Gasteiger partial charge in [-0.05, 0) is 31.2 Å². The maximum atomic E-state index is 12.2. The minimum Gasteiger partial charge on any atom is -0.478 e. The van der Waals surface area contributed by atoms with E-state index >= 15 is 0 Å². The zero-order chi connectivity index (χ0) is 16.2. The minimum absolute atomic E-state index is 0.120. The predicted molar refractivity (Wildman–Crippen MR) is 81.3 cm³/mol. The molecule has 0 fully saturated rings. The highest BCUT2D eigenvalue weighted by Gasteiger charge is 2.21. The number of nitriles is 2. The topological polar surface area (TPSA) is 96.2 Å². The van der Waals surface area contributed by atoms with Gasteiger partial charge in [0.15, 0.2) is 13.2 Å². The molecule has 0 spiro atoms. The van der Waals surface area contributed by atoms with Crippen molar-refractivity contribution in [2.75, 3.05) is 13.2 Å². The fourth-order valence-electron chi connectivity index (χ4n) is 2.93. The molecule has 0 aliphatic heterocycles. The quantitative estimate of drug-likeness (QED) is 0.805. The molecule has 6 heteroatoms. The summed E-state index contributed by atoms with van der Waals surface area (Å²) in [7, 11) is 0. The summed E-state index contributed by atoms with van der Waals surface area (Å²) in [6.45, 7) is -0.247. The lowest BCUT2D eigenvalue weighted by atomic mass is 9.90. The van der Waals surface area contributed by atoms with Crippen LogP contribution in [0.2, 0.25) is 0 Å². The van der Waals surface area contributed by atoms with Crippen LogP contribution in [0.1, 0.15) is 24.0 Å². The Morgan fingerprint density at radius 1 is 1.04 bits per heavy atom. The maximum absolute atomic E-state index is 12.2. The van der Waals surface area contributed by atoms with Gasteiger partial charge in [-0.1, -0.05) is 0 Å². The van der Waals surface area contributed by atoms with Crippen LogP contribution in [0.25, 0.3) is 11.0 Å². The molecule has 1 aliphatic rings. The van der Waals surface area contributed by atoms with Crippen molar-refractivity contribution in [3.8, 4) is 23.6 Å². The van der Waals surface area contributed by atoms with Crippen molar-refractivity contribution in [1.82, 2.24) is 0 Å². The van der Waals surface area contributed by atoms with Crippen LogP contribution in [0, 0.1) is 22.7 Å². The average molecular weight is 310 g/mol. The van der Waals surface area contributed by atoms with E-state index in [-0.39, 0.29) is 18.8 Å². The Morgan fingerprint density at radius 2 is 1.74 bits per heavy atom. The maximum Gasteiger partial charge on any atom is 0.339 e. The average Bonchev–Trinajstić information content (AvgIpc) is 2.57. The molecular weight excluding hydrogens is 296 g/mol. The van der Waals surface area contributed by atoms with Crippen molar-refractivity contribution in [3.05, 3.63) is 33.7 Å².